The third kappa shape index (κ3) is 4.42. The second-order valence-corrected chi connectivity index (χ2v) is 8.48. The normalized spacial score (nSPS) is 11.7. The summed E-state index contributed by atoms with van der Waals surface area (Å²) in [6.07, 6.45) is 1.95. The van der Waals surface area contributed by atoms with Gasteiger partial charge in [-0.3, -0.25) is 4.79 Å². The second kappa shape index (κ2) is 8.26. The fourth-order valence-electron chi connectivity index (χ4n) is 1.96. The molecule has 7 heteroatoms. The summed E-state index contributed by atoms with van der Waals surface area (Å²) in [5.41, 5.74) is 0.446. The third-order valence-corrected chi connectivity index (χ3v) is 6.15. The number of hydrogen-bond acceptors (Lipinski definition) is 3. The fourth-order valence-corrected chi connectivity index (χ4v) is 3.46. The summed E-state index contributed by atoms with van der Waals surface area (Å²) >= 11 is 2.07. The van der Waals surface area contributed by atoms with Crippen LogP contribution in [0.15, 0.2) is 23.1 Å². The summed E-state index contributed by atoms with van der Waals surface area (Å²) in [5, 5.41) is 0. The zero-order chi connectivity index (χ0) is 16.9. The largest absolute Gasteiger partial charge is 0.339 e. The summed E-state index contributed by atoms with van der Waals surface area (Å²) in [5.74, 6) is -0.115. The van der Waals surface area contributed by atoms with Gasteiger partial charge in [0.1, 0.15) is 0 Å². The molecule has 1 aromatic rings. The van der Waals surface area contributed by atoms with Crippen LogP contribution in [-0.2, 0) is 10.0 Å². The minimum absolute atomic E-state index is 0.115. The molecule has 0 atom stereocenters. The zero-order valence-electron chi connectivity index (χ0n) is 13.5. The molecule has 0 aliphatic rings. The van der Waals surface area contributed by atoms with Crippen molar-refractivity contribution in [3.63, 3.8) is 0 Å². The van der Waals surface area contributed by atoms with Gasteiger partial charge in [0.15, 0.2) is 0 Å². The van der Waals surface area contributed by atoms with Crippen LogP contribution in [0.3, 0.4) is 0 Å². The highest BCUT2D eigenvalue weighted by Crippen LogP contribution is 2.21. The van der Waals surface area contributed by atoms with E-state index >= 15 is 0 Å². The minimum Gasteiger partial charge on any atom is -0.339 e. The van der Waals surface area contributed by atoms with Crippen LogP contribution in [0.1, 0.15) is 37.0 Å². The molecule has 0 radical (unpaired) electrons. The monoisotopic (exact) mass is 438 g/mol. The number of carbonyl (C=O) groups excluding carboxylic acids is 1. The summed E-state index contributed by atoms with van der Waals surface area (Å²) in [6, 6.07) is 4.70. The van der Waals surface area contributed by atoms with Gasteiger partial charge >= 0.3 is 0 Å². The average Bonchev–Trinajstić information content (AvgIpc) is 2.47. The molecule has 0 bridgehead atoms. The molecule has 0 aliphatic heterocycles. The van der Waals surface area contributed by atoms with Crippen LogP contribution in [0.25, 0.3) is 0 Å². The molecule has 5 nitrogen and oxygen atoms in total. The molecule has 0 saturated carbocycles. The molecule has 0 unspecified atom stereocenters. The van der Waals surface area contributed by atoms with Crippen LogP contribution in [0.2, 0.25) is 0 Å². The number of nitrogens with zero attached hydrogens (tertiary/aromatic N) is 2. The molecule has 0 spiro atoms. The fraction of sp³-hybridized carbons (Fsp3) is 0.533. The van der Waals surface area contributed by atoms with Gasteiger partial charge < -0.3 is 4.90 Å². The number of sulfonamides is 1. The SMILES string of the molecule is CCCCN(CC)C(=O)c1cc(S(=O)(=O)N(C)C)ccc1I. The van der Waals surface area contributed by atoms with E-state index in [9.17, 15) is 13.2 Å². The van der Waals surface area contributed by atoms with Gasteiger partial charge in [0, 0.05) is 30.8 Å². The van der Waals surface area contributed by atoms with Crippen LogP contribution in [0.5, 0.6) is 0 Å². The standard InChI is InChI=1S/C15H23IN2O3S/c1-5-7-10-18(6-2)15(19)13-11-12(8-9-14(13)16)22(20,21)17(3)4/h8-9,11H,5-7,10H2,1-4H3. The lowest BCUT2D eigenvalue weighted by atomic mass is 10.2. The minimum atomic E-state index is -3.54. The quantitative estimate of drug-likeness (QED) is 0.616. The van der Waals surface area contributed by atoms with Crippen molar-refractivity contribution in [2.45, 2.75) is 31.6 Å². The van der Waals surface area contributed by atoms with Crippen molar-refractivity contribution in [2.75, 3.05) is 27.2 Å². The van der Waals surface area contributed by atoms with Crippen LogP contribution in [0.4, 0.5) is 0 Å². The van der Waals surface area contributed by atoms with Gasteiger partial charge in [-0.05, 0) is 54.1 Å². The maximum absolute atomic E-state index is 12.7. The predicted molar refractivity (Wildman–Crippen MR) is 96.5 cm³/mol. The molecule has 124 valence electrons. The number of carbonyl (C=O) groups is 1. The maximum atomic E-state index is 12.7. The molecule has 1 amide bonds. The molecule has 1 rings (SSSR count). The average molecular weight is 438 g/mol. The molecule has 0 aromatic heterocycles. The van der Waals surface area contributed by atoms with Gasteiger partial charge in [-0.1, -0.05) is 13.3 Å². The Morgan fingerprint density at radius 3 is 2.36 bits per heavy atom. The smallest absolute Gasteiger partial charge is 0.254 e. The second-order valence-electron chi connectivity index (χ2n) is 5.17. The Labute approximate surface area is 146 Å². The van der Waals surface area contributed by atoms with E-state index in [1.54, 1.807) is 11.0 Å². The molecular formula is C15H23IN2O3S. The lowest BCUT2D eigenvalue weighted by Gasteiger charge is -2.22. The highest BCUT2D eigenvalue weighted by Gasteiger charge is 2.22. The Morgan fingerprint density at radius 2 is 1.86 bits per heavy atom. The van der Waals surface area contributed by atoms with Crippen molar-refractivity contribution in [2.24, 2.45) is 0 Å². The number of halogens is 1. The molecule has 0 heterocycles. The highest BCUT2D eigenvalue weighted by atomic mass is 127. The Kier molecular flexibility index (Phi) is 7.27. The third-order valence-electron chi connectivity index (χ3n) is 3.40. The van der Waals surface area contributed by atoms with Crippen LogP contribution in [0, 0.1) is 3.57 Å². The molecule has 1 aromatic carbocycles. The van der Waals surface area contributed by atoms with Crippen molar-refractivity contribution in [1.29, 1.82) is 0 Å². The topological polar surface area (TPSA) is 57.7 Å². The van der Waals surface area contributed by atoms with Crippen LogP contribution >= 0.6 is 22.6 Å². The first-order valence-electron chi connectivity index (χ1n) is 7.27. The lowest BCUT2D eigenvalue weighted by molar-refractivity contribution is 0.0761. The Bertz CT molecular complexity index is 630. The van der Waals surface area contributed by atoms with Gasteiger partial charge in [-0.2, -0.15) is 0 Å². The number of unbranched alkanes of at least 4 members (excludes halogenated alkanes) is 1. The molecule has 0 saturated heterocycles. The van der Waals surface area contributed by atoms with Crippen LogP contribution in [-0.4, -0.2) is 50.7 Å². The van der Waals surface area contributed by atoms with E-state index in [2.05, 4.69) is 29.5 Å². The molecule has 0 fully saturated rings. The van der Waals surface area contributed by atoms with Crippen molar-refractivity contribution in [3.05, 3.63) is 27.3 Å². The molecule has 0 N–H and O–H groups in total. The van der Waals surface area contributed by atoms with Crippen LogP contribution < -0.4 is 0 Å². The van der Waals surface area contributed by atoms with E-state index < -0.39 is 10.0 Å². The van der Waals surface area contributed by atoms with Gasteiger partial charge in [-0.25, -0.2) is 12.7 Å². The Hall–Kier alpha value is -0.670. The first-order valence-corrected chi connectivity index (χ1v) is 9.78. The van der Waals surface area contributed by atoms with Crippen molar-refractivity contribution in [1.82, 2.24) is 9.21 Å². The summed E-state index contributed by atoms with van der Waals surface area (Å²) in [6.45, 7) is 5.30. The van der Waals surface area contributed by atoms with E-state index in [1.165, 1.54) is 26.2 Å². The van der Waals surface area contributed by atoms with E-state index in [-0.39, 0.29) is 10.8 Å². The molecule has 22 heavy (non-hydrogen) atoms. The van der Waals surface area contributed by atoms with Gasteiger partial charge in [-0.15, -0.1) is 0 Å². The van der Waals surface area contributed by atoms with E-state index in [0.29, 0.717) is 18.7 Å². The number of hydrogen-bond donors (Lipinski definition) is 0. The van der Waals surface area contributed by atoms with E-state index in [4.69, 9.17) is 0 Å². The summed E-state index contributed by atoms with van der Waals surface area (Å²) in [7, 11) is -0.579. The van der Waals surface area contributed by atoms with Crippen molar-refractivity contribution >= 4 is 38.5 Å². The maximum Gasteiger partial charge on any atom is 0.254 e. The number of benzene rings is 1. The van der Waals surface area contributed by atoms with Crippen molar-refractivity contribution in [3.8, 4) is 0 Å². The predicted octanol–water partition coefficient (Wildman–Crippen LogP) is 2.80. The lowest BCUT2D eigenvalue weighted by Crippen LogP contribution is -2.32. The van der Waals surface area contributed by atoms with Gasteiger partial charge in [0.25, 0.3) is 5.91 Å². The summed E-state index contributed by atoms with van der Waals surface area (Å²) in [4.78, 5) is 14.6. The zero-order valence-corrected chi connectivity index (χ0v) is 16.4. The van der Waals surface area contributed by atoms with Gasteiger partial charge in [0.05, 0.1) is 10.5 Å². The van der Waals surface area contributed by atoms with E-state index in [1.807, 2.05) is 6.92 Å². The summed E-state index contributed by atoms with van der Waals surface area (Å²) < 4.78 is 26.4. The molecule has 0 aliphatic carbocycles. The van der Waals surface area contributed by atoms with E-state index in [0.717, 1.165) is 20.7 Å². The Balaban J connectivity index is 3.22. The number of amides is 1. The first-order chi connectivity index (χ1) is 10.3. The molecular weight excluding hydrogens is 415 g/mol. The highest BCUT2D eigenvalue weighted by molar-refractivity contribution is 14.1. The van der Waals surface area contributed by atoms with Crippen molar-refractivity contribution < 1.29 is 13.2 Å². The number of rotatable bonds is 7. The van der Waals surface area contributed by atoms with Gasteiger partial charge in [0.2, 0.25) is 10.0 Å². The Morgan fingerprint density at radius 1 is 1.23 bits per heavy atom. The first kappa shape index (κ1) is 19.4.